The summed E-state index contributed by atoms with van der Waals surface area (Å²) in [5, 5.41) is 6.77. The van der Waals surface area contributed by atoms with E-state index in [0.717, 1.165) is 49.0 Å². The molecule has 5 rings (SSSR count). The van der Waals surface area contributed by atoms with Crippen molar-refractivity contribution in [2.45, 2.75) is 34.7 Å². The number of nitrogens with two attached hydrogens (primary N) is 4. The molecule has 3 aromatic rings. The van der Waals surface area contributed by atoms with Crippen molar-refractivity contribution in [1.29, 1.82) is 0 Å². The van der Waals surface area contributed by atoms with Gasteiger partial charge in [-0.3, -0.25) is 0 Å². The van der Waals surface area contributed by atoms with E-state index in [1.165, 1.54) is 11.8 Å². The number of nitrogen functional groups attached to an aromatic ring is 2. The number of carbonyl (C=O) groups is 1. The van der Waals surface area contributed by atoms with Crippen LogP contribution in [-0.2, 0) is 12.0 Å². The molecule has 2 amide bonds. The van der Waals surface area contributed by atoms with Gasteiger partial charge in [-0.15, -0.1) is 0 Å². The molecule has 196 valence electrons. The van der Waals surface area contributed by atoms with Gasteiger partial charge in [-0.25, -0.2) is 19.7 Å². The largest absolute Gasteiger partial charge is 0.382 e. The summed E-state index contributed by atoms with van der Waals surface area (Å²) in [6.07, 6.45) is 5.88. The van der Waals surface area contributed by atoms with Crippen LogP contribution in [0.4, 0.5) is 16.4 Å². The lowest BCUT2D eigenvalue weighted by atomic mass is 9.63. The predicted octanol–water partition coefficient (Wildman–Crippen LogP) is 1.99. The van der Waals surface area contributed by atoms with Crippen molar-refractivity contribution in [3.8, 4) is 11.8 Å². The Bertz CT molecular complexity index is 1460. The van der Waals surface area contributed by atoms with Gasteiger partial charge >= 0.3 is 6.03 Å². The molecule has 0 unspecified atom stereocenters. The van der Waals surface area contributed by atoms with Gasteiger partial charge in [0.15, 0.2) is 5.82 Å². The summed E-state index contributed by atoms with van der Waals surface area (Å²) in [5.74, 6) is 6.51. The summed E-state index contributed by atoms with van der Waals surface area (Å²) in [6.45, 7) is 1.87. The first-order valence-corrected chi connectivity index (χ1v) is 13.3. The van der Waals surface area contributed by atoms with Crippen molar-refractivity contribution in [3.63, 3.8) is 0 Å². The summed E-state index contributed by atoms with van der Waals surface area (Å²) >= 11 is 7.60. The zero-order chi connectivity index (χ0) is 26.9. The van der Waals surface area contributed by atoms with Crippen LogP contribution in [0.3, 0.4) is 0 Å². The second kappa shape index (κ2) is 10.3. The van der Waals surface area contributed by atoms with E-state index in [9.17, 15) is 4.79 Å². The molecule has 0 bridgehead atoms. The van der Waals surface area contributed by atoms with Gasteiger partial charge in [0, 0.05) is 22.1 Å². The highest BCUT2D eigenvalue weighted by Gasteiger charge is 2.57. The normalized spacial score (nSPS) is 19.4. The van der Waals surface area contributed by atoms with Crippen molar-refractivity contribution in [3.05, 3.63) is 64.1 Å². The molecule has 1 spiro atoms. The molecule has 38 heavy (non-hydrogen) atoms. The van der Waals surface area contributed by atoms with E-state index in [1.54, 1.807) is 18.5 Å². The third-order valence-electron chi connectivity index (χ3n) is 7.30. The number of nitrogens with one attached hydrogen (secondary N) is 2. The number of rotatable bonds is 4. The number of halogens is 1. The third-order valence-corrected chi connectivity index (χ3v) is 8.88. The van der Waals surface area contributed by atoms with Crippen LogP contribution in [0.15, 0.2) is 46.6 Å². The van der Waals surface area contributed by atoms with Crippen LogP contribution in [0.25, 0.3) is 0 Å². The summed E-state index contributed by atoms with van der Waals surface area (Å²) in [5.41, 5.74) is 27.2. The molecule has 10 nitrogen and oxygen atoms in total. The molecule has 10 N–H and O–H groups in total. The molecule has 1 aliphatic heterocycles. The average Bonchev–Trinajstić information content (AvgIpc) is 3.13. The summed E-state index contributed by atoms with van der Waals surface area (Å²) in [4.78, 5) is 25.1. The molecule has 3 heterocycles. The minimum atomic E-state index is -0.920. The summed E-state index contributed by atoms with van der Waals surface area (Å²) in [7, 11) is 0. The molecular formula is C26H28ClN9OS. The number of nitrogens with zero attached hydrogens (tertiary/aromatic N) is 3. The molecule has 0 radical (unpaired) electrons. The van der Waals surface area contributed by atoms with Crippen molar-refractivity contribution in [2.24, 2.45) is 16.9 Å². The van der Waals surface area contributed by atoms with E-state index in [2.05, 4.69) is 38.5 Å². The van der Waals surface area contributed by atoms with Gasteiger partial charge in [0.05, 0.1) is 29.0 Å². The van der Waals surface area contributed by atoms with E-state index in [1.807, 2.05) is 12.1 Å². The molecule has 1 aromatic carbocycles. The Morgan fingerprint density at radius 3 is 2.71 bits per heavy atom. The van der Waals surface area contributed by atoms with Gasteiger partial charge in [-0.05, 0) is 61.7 Å². The highest BCUT2D eigenvalue weighted by atomic mass is 35.5. The average molecular weight is 550 g/mol. The van der Waals surface area contributed by atoms with Gasteiger partial charge in [0.2, 0.25) is 0 Å². The molecule has 0 saturated carbocycles. The summed E-state index contributed by atoms with van der Waals surface area (Å²) in [6, 6.07) is 7.20. The van der Waals surface area contributed by atoms with Crippen LogP contribution in [-0.4, -0.2) is 40.6 Å². The van der Waals surface area contributed by atoms with Crippen LogP contribution in [0, 0.1) is 17.3 Å². The van der Waals surface area contributed by atoms with Crippen molar-refractivity contribution >= 4 is 41.0 Å². The Hall–Kier alpha value is -3.56. The highest BCUT2D eigenvalue weighted by Crippen LogP contribution is 2.56. The number of piperidine rings is 1. The second-order valence-electron chi connectivity index (χ2n) is 9.46. The van der Waals surface area contributed by atoms with Crippen LogP contribution in [0.5, 0.6) is 0 Å². The Balaban J connectivity index is 1.54. The van der Waals surface area contributed by atoms with Crippen LogP contribution in [0.1, 0.15) is 35.2 Å². The van der Waals surface area contributed by atoms with E-state index < -0.39 is 11.6 Å². The first-order chi connectivity index (χ1) is 18.2. The van der Waals surface area contributed by atoms with Gasteiger partial charge in [-0.2, -0.15) is 0 Å². The number of aromatic nitrogens is 3. The predicted molar refractivity (Wildman–Crippen MR) is 148 cm³/mol. The lowest BCUT2D eigenvalue weighted by Gasteiger charge is -2.46. The number of hydrogen-bond acceptors (Lipinski definition) is 9. The number of primary amides is 1. The number of hydrogen-bond donors (Lipinski definition) is 6. The SMILES string of the molecule is NC(=O)NCC#Cc1ccc2c(c1)[C@](N)(c1cnc(Sc3ccnc(N)c3Cl)c(N)n1)C1(CCNCC1)C2. The first kappa shape index (κ1) is 26.1. The number of carbonyl (C=O) groups excluding carboxylic acids is 1. The zero-order valence-corrected chi connectivity index (χ0v) is 22.1. The van der Waals surface area contributed by atoms with Crippen molar-refractivity contribution < 1.29 is 4.79 Å². The first-order valence-electron chi connectivity index (χ1n) is 12.1. The van der Waals surface area contributed by atoms with Crippen molar-refractivity contribution in [2.75, 3.05) is 31.1 Å². The van der Waals surface area contributed by atoms with E-state index in [4.69, 9.17) is 39.5 Å². The van der Waals surface area contributed by atoms with Gasteiger partial charge in [-0.1, -0.05) is 41.3 Å². The Labute approximate surface area is 229 Å². The number of fused-ring (bicyclic) bond motifs is 1. The highest BCUT2D eigenvalue weighted by molar-refractivity contribution is 7.99. The second-order valence-corrected chi connectivity index (χ2v) is 10.9. The van der Waals surface area contributed by atoms with E-state index >= 15 is 0 Å². The number of benzene rings is 1. The zero-order valence-electron chi connectivity index (χ0n) is 20.6. The minimum Gasteiger partial charge on any atom is -0.382 e. The molecule has 2 aromatic heterocycles. The molecule has 1 atom stereocenters. The quantitative estimate of drug-likeness (QED) is 0.265. The Morgan fingerprint density at radius 1 is 1.18 bits per heavy atom. The maximum Gasteiger partial charge on any atom is 0.312 e. The molecule has 1 aliphatic carbocycles. The number of urea groups is 1. The van der Waals surface area contributed by atoms with Crippen LogP contribution in [0.2, 0.25) is 5.02 Å². The smallest absolute Gasteiger partial charge is 0.312 e. The van der Waals surface area contributed by atoms with Crippen molar-refractivity contribution in [1.82, 2.24) is 25.6 Å². The fourth-order valence-electron chi connectivity index (χ4n) is 5.41. The fraction of sp³-hybridized carbons (Fsp3) is 0.308. The number of pyridine rings is 1. The lowest BCUT2D eigenvalue weighted by molar-refractivity contribution is 0.117. The standard InChI is InChI=1S/C26H28ClN9OS/c27-20-18(5-9-33-21(20)28)38-23-22(29)36-19(14-35-23)26(31)17-12-15(2-1-8-34-24(30)37)3-4-16(17)13-25(26)6-10-32-11-7-25/h3-5,9,12,14,32H,6-8,10-11,13,31H2,(H2,28,33)(H2,29,36)(H3,30,34,37)/t26-/m0/s1. The molecule has 1 saturated heterocycles. The Morgan fingerprint density at radius 2 is 1.97 bits per heavy atom. The molecule has 1 fully saturated rings. The fourth-order valence-corrected chi connectivity index (χ4v) is 6.43. The Kier molecular flexibility index (Phi) is 7.07. The number of amides is 2. The van der Waals surface area contributed by atoms with E-state index in [0.29, 0.717) is 20.6 Å². The lowest BCUT2D eigenvalue weighted by Crippen LogP contribution is -2.55. The third kappa shape index (κ3) is 4.61. The molecule has 12 heteroatoms. The minimum absolute atomic E-state index is 0.157. The summed E-state index contributed by atoms with van der Waals surface area (Å²) < 4.78 is 0. The van der Waals surface area contributed by atoms with Gasteiger partial charge in [0.1, 0.15) is 10.8 Å². The maximum absolute atomic E-state index is 10.9. The van der Waals surface area contributed by atoms with Crippen LogP contribution < -0.4 is 33.6 Å². The van der Waals surface area contributed by atoms with Gasteiger partial charge < -0.3 is 33.6 Å². The van der Waals surface area contributed by atoms with Crippen LogP contribution >= 0.6 is 23.4 Å². The van der Waals surface area contributed by atoms with Gasteiger partial charge in [0.25, 0.3) is 0 Å². The van der Waals surface area contributed by atoms with E-state index in [-0.39, 0.29) is 23.6 Å². The molecular weight excluding hydrogens is 522 g/mol. The topological polar surface area (TPSA) is 184 Å². The monoisotopic (exact) mass is 549 g/mol. The maximum atomic E-state index is 10.9. The molecule has 2 aliphatic rings. The number of anilines is 2.